The molecule has 2 aromatic carbocycles. The van der Waals surface area contributed by atoms with Crippen LogP contribution in [0.2, 0.25) is 0 Å². The number of allylic oxidation sites excluding steroid dienone is 2. The van der Waals surface area contributed by atoms with E-state index in [-0.39, 0.29) is 5.56 Å². The number of benzene rings is 2. The van der Waals surface area contributed by atoms with Gasteiger partial charge in [-0.2, -0.15) is 0 Å². The molecule has 1 aromatic heterocycles. The molecule has 1 aliphatic heterocycles. The summed E-state index contributed by atoms with van der Waals surface area (Å²) in [7, 11) is 1.33. The van der Waals surface area contributed by atoms with Crippen LogP contribution >= 0.6 is 11.3 Å². The van der Waals surface area contributed by atoms with Crippen LogP contribution in [0.3, 0.4) is 0 Å². The van der Waals surface area contributed by atoms with Crippen LogP contribution in [0.4, 0.5) is 0 Å². The second kappa shape index (κ2) is 9.83. The minimum Gasteiger partial charge on any atom is -0.494 e. The smallest absolute Gasteiger partial charge is 0.338 e. The number of aromatic nitrogens is 1. The summed E-state index contributed by atoms with van der Waals surface area (Å²) in [6.45, 7) is 4.23. The van der Waals surface area contributed by atoms with Gasteiger partial charge < -0.3 is 9.47 Å². The highest BCUT2D eigenvalue weighted by Gasteiger charge is 2.33. The Hall–Kier alpha value is -3.71. The molecule has 0 bridgehead atoms. The lowest BCUT2D eigenvalue weighted by molar-refractivity contribution is -0.136. The summed E-state index contributed by atoms with van der Waals surface area (Å²) in [5.41, 5.74) is 2.50. The second-order valence-corrected chi connectivity index (χ2v) is 8.38. The van der Waals surface area contributed by atoms with Crippen LogP contribution in [0.15, 0.2) is 81.7 Å². The zero-order chi connectivity index (χ0) is 23.4. The monoisotopic (exact) mass is 460 g/mol. The maximum absolute atomic E-state index is 13.4. The summed E-state index contributed by atoms with van der Waals surface area (Å²) in [6.07, 6.45) is 5.57. The van der Waals surface area contributed by atoms with Gasteiger partial charge in [0.25, 0.3) is 5.56 Å². The molecule has 3 aromatic rings. The van der Waals surface area contributed by atoms with E-state index < -0.39 is 12.0 Å². The fourth-order valence-electron chi connectivity index (χ4n) is 3.75. The molecule has 0 aliphatic carbocycles. The molecule has 168 valence electrons. The van der Waals surface area contributed by atoms with Crippen molar-refractivity contribution in [2.75, 3.05) is 13.7 Å². The molecule has 7 heteroatoms. The predicted octanol–water partition coefficient (Wildman–Crippen LogP) is 3.47. The Balaban J connectivity index is 1.83. The highest BCUT2D eigenvalue weighted by Crippen LogP contribution is 2.31. The van der Waals surface area contributed by atoms with Gasteiger partial charge in [-0.15, -0.1) is 0 Å². The van der Waals surface area contributed by atoms with E-state index in [1.54, 1.807) is 17.6 Å². The number of nitrogens with zero attached hydrogens (tertiary/aromatic N) is 2. The topological polar surface area (TPSA) is 69.9 Å². The van der Waals surface area contributed by atoms with E-state index in [9.17, 15) is 9.59 Å². The van der Waals surface area contributed by atoms with Gasteiger partial charge in [0.15, 0.2) is 4.80 Å². The predicted molar refractivity (Wildman–Crippen MR) is 130 cm³/mol. The summed E-state index contributed by atoms with van der Waals surface area (Å²) in [4.78, 5) is 31.2. The van der Waals surface area contributed by atoms with Crippen molar-refractivity contribution in [3.05, 3.63) is 103 Å². The fourth-order valence-corrected chi connectivity index (χ4v) is 4.74. The highest BCUT2D eigenvalue weighted by molar-refractivity contribution is 7.07. The molecule has 0 saturated heterocycles. The number of esters is 1. The van der Waals surface area contributed by atoms with Crippen molar-refractivity contribution in [1.82, 2.24) is 4.57 Å². The van der Waals surface area contributed by atoms with Crippen LogP contribution in [0.5, 0.6) is 5.75 Å². The first-order chi connectivity index (χ1) is 16.0. The zero-order valence-electron chi connectivity index (χ0n) is 18.6. The molecule has 2 heterocycles. The van der Waals surface area contributed by atoms with Crippen LogP contribution < -0.4 is 19.6 Å². The van der Waals surface area contributed by atoms with E-state index in [0.29, 0.717) is 27.2 Å². The molecule has 6 nitrogen and oxygen atoms in total. The molecule has 33 heavy (non-hydrogen) atoms. The molecule has 1 aliphatic rings. The SMILES string of the molecule is CCOc1ccc(C2C(C(=O)OC)=C(C)N=c3s/c(=C/C=C/c4ccccc4)c(=O)n32)cc1. The highest BCUT2D eigenvalue weighted by atomic mass is 32.1. The third-order valence-electron chi connectivity index (χ3n) is 5.27. The number of fused-ring (bicyclic) bond motifs is 1. The van der Waals surface area contributed by atoms with Crippen molar-refractivity contribution in [2.45, 2.75) is 19.9 Å². The van der Waals surface area contributed by atoms with Gasteiger partial charge in [0.1, 0.15) is 5.75 Å². The Bertz CT molecular complexity index is 1400. The molecule has 4 rings (SSSR count). The number of rotatable bonds is 6. The van der Waals surface area contributed by atoms with Crippen LogP contribution in [0.1, 0.15) is 31.0 Å². The van der Waals surface area contributed by atoms with Crippen LogP contribution in [-0.2, 0) is 9.53 Å². The Morgan fingerprint density at radius 3 is 2.55 bits per heavy atom. The quantitative estimate of drug-likeness (QED) is 0.528. The van der Waals surface area contributed by atoms with Gasteiger partial charge in [-0.05, 0) is 43.2 Å². The molecule has 0 saturated carbocycles. The van der Waals surface area contributed by atoms with E-state index in [1.807, 2.05) is 73.7 Å². The van der Waals surface area contributed by atoms with Crippen molar-refractivity contribution in [2.24, 2.45) is 4.99 Å². The summed E-state index contributed by atoms with van der Waals surface area (Å²) >= 11 is 1.30. The lowest BCUT2D eigenvalue weighted by Crippen LogP contribution is -2.39. The number of hydrogen-bond acceptors (Lipinski definition) is 6. The van der Waals surface area contributed by atoms with Gasteiger partial charge in [0, 0.05) is 0 Å². The molecule has 1 atom stereocenters. The van der Waals surface area contributed by atoms with Gasteiger partial charge in [-0.3, -0.25) is 9.36 Å². The van der Waals surface area contributed by atoms with Gasteiger partial charge in [-0.1, -0.05) is 66.0 Å². The average Bonchev–Trinajstić information content (AvgIpc) is 3.14. The summed E-state index contributed by atoms with van der Waals surface area (Å²) < 4.78 is 12.7. The van der Waals surface area contributed by atoms with Crippen LogP contribution in [-0.4, -0.2) is 24.3 Å². The summed E-state index contributed by atoms with van der Waals surface area (Å²) in [5, 5.41) is 0. The van der Waals surface area contributed by atoms with E-state index >= 15 is 0 Å². The number of thiazole rings is 1. The first-order valence-corrected chi connectivity index (χ1v) is 11.4. The third kappa shape index (κ3) is 4.59. The van der Waals surface area contributed by atoms with E-state index in [4.69, 9.17) is 9.47 Å². The van der Waals surface area contributed by atoms with Gasteiger partial charge in [-0.25, -0.2) is 9.79 Å². The molecular formula is C26H24N2O4S. The first-order valence-electron chi connectivity index (χ1n) is 10.6. The zero-order valence-corrected chi connectivity index (χ0v) is 19.5. The Labute approximate surface area is 195 Å². The molecular weight excluding hydrogens is 436 g/mol. The molecule has 0 amide bonds. The number of ether oxygens (including phenoxy) is 2. The maximum atomic E-state index is 13.4. The Morgan fingerprint density at radius 1 is 1.15 bits per heavy atom. The van der Waals surface area contributed by atoms with Gasteiger partial charge >= 0.3 is 5.97 Å². The fraction of sp³-hybridized carbons (Fsp3) is 0.192. The molecule has 0 spiro atoms. The maximum Gasteiger partial charge on any atom is 0.338 e. The van der Waals surface area contributed by atoms with Crippen LogP contribution in [0.25, 0.3) is 12.2 Å². The second-order valence-electron chi connectivity index (χ2n) is 7.37. The lowest BCUT2D eigenvalue weighted by Gasteiger charge is -2.24. The van der Waals surface area contributed by atoms with Crippen LogP contribution in [0, 0.1) is 0 Å². The number of carbonyl (C=O) groups is 1. The number of carbonyl (C=O) groups excluding carboxylic acids is 1. The van der Waals surface area contributed by atoms with Crippen molar-refractivity contribution in [3.63, 3.8) is 0 Å². The normalized spacial score (nSPS) is 16.0. The minimum absolute atomic E-state index is 0.204. The Morgan fingerprint density at radius 2 is 1.88 bits per heavy atom. The van der Waals surface area contributed by atoms with Gasteiger partial charge in [0.2, 0.25) is 0 Å². The number of methoxy groups -OCH3 is 1. The summed E-state index contributed by atoms with van der Waals surface area (Å²) in [6, 6.07) is 16.6. The molecule has 0 N–H and O–H groups in total. The third-order valence-corrected chi connectivity index (χ3v) is 6.27. The first kappa shape index (κ1) is 22.5. The van der Waals surface area contributed by atoms with Crippen molar-refractivity contribution < 1.29 is 14.3 Å². The van der Waals surface area contributed by atoms with E-state index in [2.05, 4.69) is 4.99 Å². The molecule has 1 unspecified atom stereocenters. The summed E-state index contributed by atoms with van der Waals surface area (Å²) in [5.74, 6) is 0.216. The average molecular weight is 461 g/mol. The number of hydrogen-bond donors (Lipinski definition) is 0. The Kier molecular flexibility index (Phi) is 6.70. The lowest BCUT2D eigenvalue weighted by atomic mass is 9.96. The molecule has 0 fully saturated rings. The van der Waals surface area contributed by atoms with E-state index in [0.717, 1.165) is 16.9 Å². The van der Waals surface area contributed by atoms with E-state index in [1.165, 1.54) is 18.4 Å². The minimum atomic E-state index is -0.635. The standard InChI is InChI=1S/C26H24N2O4S/c1-4-32-20-15-13-19(14-16-20)23-22(25(30)31-3)17(2)27-26-28(23)24(29)21(33-26)12-8-11-18-9-6-5-7-10-18/h5-16,23H,4H2,1-3H3/b11-8+,21-12+. The van der Waals surface area contributed by atoms with Crippen molar-refractivity contribution >= 4 is 29.5 Å². The van der Waals surface area contributed by atoms with Crippen molar-refractivity contribution in [1.29, 1.82) is 0 Å². The molecule has 0 radical (unpaired) electrons. The van der Waals surface area contributed by atoms with Gasteiger partial charge in [0.05, 0.1) is 35.6 Å². The largest absolute Gasteiger partial charge is 0.494 e. The van der Waals surface area contributed by atoms with Crippen molar-refractivity contribution in [3.8, 4) is 5.75 Å².